The van der Waals surface area contributed by atoms with E-state index in [-0.39, 0.29) is 11.7 Å². The van der Waals surface area contributed by atoms with E-state index >= 15 is 0 Å². The molecule has 0 aliphatic rings. The van der Waals surface area contributed by atoms with Gasteiger partial charge in [-0.1, -0.05) is 26.0 Å². The van der Waals surface area contributed by atoms with E-state index in [0.29, 0.717) is 25.4 Å². The molecule has 0 saturated heterocycles. The van der Waals surface area contributed by atoms with Crippen LogP contribution in [0.1, 0.15) is 32.8 Å². The Morgan fingerprint density at radius 2 is 1.85 bits per heavy atom. The minimum Gasteiger partial charge on any atom is -0.355 e. The molecule has 1 amide bonds. The molecule has 1 unspecified atom stereocenters. The van der Waals surface area contributed by atoms with Gasteiger partial charge in [-0.15, -0.1) is 0 Å². The first-order valence-corrected chi connectivity index (χ1v) is 7.32. The Labute approximate surface area is 121 Å². The molecule has 112 valence electrons. The van der Waals surface area contributed by atoms with E-state index < -0.39 is 0 Å². The van der Waals surface area contributed by atoms with Crippen LogP contribution in [0.3, 0.4) is 0 Å². The molecule has 3 nitrogen and oxygen atoms in total. The van der Waals surface area contributed by atoms with Crippen LogP contribution in [0.2, 0.25) is 0 Å². The zero-order valence-electron chi connectivity index (χ0n) is 12.7. The van der Waals surface area contributed by atoms with Gasteiger partial charge in [-0.25, -0.2) is 4.39 Å². The Morgan fingerprint density at radius 3 is 2.40 bits per heavy atom. The Morgan fingerprint density at radius 1 is 1.25 bits per heavy atom. The zero-order valence-corrected chi connectivity index (χ0v) is 12.7. The molecule has 1 aromatic rings. The number of carbonyl (C=O) groups is 1. The predicted molar refractivity (Wildman–Crippen MR) is 80.1 cm³/mol. The zero-order chi connectivity index (χ0) is 15.0. The first-order valence-electron chi connectivity index (χ1n) is 7.32. The Kier molecular flexibility index (Phi) is 7.23. The van der Waals surface area contributed by atoms with Crippen LogP contribution in [0, 0.1) is 5.82 Å². The highest BCUT2D eigenvalue weighted by Gasteiger charge is 2.11. The van der Waals surface area contributed by atoms with E-state index in [1.807, 2.05) is 0 Å². The lowest BCUT2D eigenvalue weighted by molar-refractivity contribution is -0.121. The largest absolute Gasteiger partial charge is 0.355 e. The highest BCUT2D eigenvalue weighted by molar-refractivity contribution is 5.76. The molecule has 0 saturated carbocycles. The van der Waals surface area contributed by atoms with E-state index in [1.54, 1.807) is 12.1 Å². The Bertz CT molecular complexity index is 401. The number of hydrogen-bond donors (Lipinski definition) is 1. The molecule has 1 rings (SSSR count). The van der Waals surface area contributed by atoms with Crippen molar-refractivity contribution in [2.45, 2.75) is 39.7 Å². The number of aryl methyl sites for hydroxylation is 1. The van der Waals surface area contributed by atoms with Crippen molar-refractivity contribution in [2.75, 3.05) is 19.6 Å². The third-order valence-electron chi connectivity index (χ3n) is 3.58. The lowest BCUT2D eigenvalue weighted by atomic mass is 10.1. The highest BCUT2D eigenvalue weighted by atomic mass is 19.1. The van der Waals surface area contributed by atoms with Crippen molar-refractivity contribution in [1.82, 2.24) is 10.2 Å². The van der Waals surface area contributed by atoms with E-state index in [9.17, 15) is 9.18 Å². The second-order valence-electron chi connectivity index (χ2n) is 5.00. The number of hydrogen-bond acceptors (Lipinski definition) is 2. The van der Waals surface area contributed by atoms with Crippen LogP contribution in [-0.2, 0) is 11.2 Å². The van der Waals surface area contributed by atoms with Crippen LogP contribution in [0.15, 0.2) is 24.3 Å². The number of likely N-dealkylation sites (N-methyl/N-ethyl adjacent to an activating group) is 1. The first kappa shape index (κ1) is 16.6. The summed E-state index contributed by atoms with van der Waals surface area (Å²) in [7, 11) is 0. The van der Waals surface area contributed by atoms with E-state index in [0.717, 1.165) is 18.7 Å². The highest BCUT2D eigenvalue weighted by Crippen LogP contribution is 2.05. The van der Waals surface area contributed by atoms with Crippen molar-refractivity contribution in [2.24, 2.45) is 0 Å². The molecule has 0 aliphatic heterocycles. The number of benzene rings is 1. The van der Waals surface area contributed by atoms with Gasteiger partial charge in [0.05, 0.1) is 0 Å². The molecule has 1 aromatic carbocycles. The van der Waals surface area contributed by atoms with Crippen molar-refractivity contribution < 1.29 is 9.18 Å². The Balaban J connectivity index is 2.28. The molecule has 0 radical (unpaired) electrons. The Hall–Kier alpha value is -1.42. The molecule has 20 heavy (non-hydrogen) atoms. The normalized spacial score (nSPS) is 12.4. The third kappa shape index (κ3) is 5.70. The van der Waals surface area contributed by atoms with Gasteiger partial charge in [0.1, 0.15) is 5.82 Å². The molecule has 0 aliphatic carbocycles. The van der Waals surface area contributed by atoms with Crippen molar-refractivity contribution >= 4 is 5.91 Å². The maximum Gasteiger partial charge on any atom is 0.220 e. The molecule has 0 fully saturated rings. The van der Waals surface area contributed by atoms with Crippen molar-refractivity contribution in [3.05, 3.63) is 35.6 Å². The van der Waals surface area contributed by atoms with E-state index in [4.69, 9.17) is 0 Å². The molecule has 4 heteroatoms. The molecular formula is C16H25FN2O. The van der Waals surface area contributed by atoms with Gasteiger partial charge in [-0.2, -0.15) is 0 Å². The molecule has 0 spiro atoms. The summed E-state index contributed by atoms with van der Waals surface area (Å²) in [6.07, 6.45) is 1.09. The van der Waals surface area contributed by atoms with Gasteiger partial charge in [0.2, 0.25) is 5.91 Å². The van der Waals surface area contributed by atoms with Crippen LogP contribution in [0.4, 0.5) is 4.39 Å². The van der Waals surface area contributed by atoms with Gasteiger partial charge < -0.3 is 5.32 Å². The summed E-state index contributed by atoms with van der Waals surface area (Å²) in [5.41, 5.74) is 0.985. The fourth-order valence-electron chi connectivity index (χ4n) is 2.23. The van der Waals surface area contributed by atoms with E-state index in [1.165, 1.54) is 12.1 Å². The van der Waals surface area contributed by atoms with Gasteiger partial charge in [0.15, 0.2) is 0 Å². The van der Waals surface area contributed by atoms with Gasteiger partial charge >= 0.3 is 0 Å². The maximum absolute atomic E-state index is 12.8. The minimum atomic E-state index is -0.244. The number of carbonyl (C=O) groups excluding carboxylic acids is 1. The monoisotopic (exact) mass is 280 g/mol. The molecule has 0 bridgehead atoms. The van der Waals surface area contributed by atoms with Crippen LogP contribution < -0.4 is 5.32 Å². The third-order valence-corrected chi connectivity index (χ3v) is 3.58. The summed E-state index contributed by atoms with van der Waals surface area (Å²) in [6.45, 7) is 9.01. The van der Waals surface area contributed by atoms with E-state index in [2.05, 4.69) is 31.0 Å². The fourth-order valence-corrected chi connectivity index (χ4v) is 2.23. The smallest absolute Gasteiger partial charge is 0.220 e. The van der Waals surface area contributed by atoms with Gasteiger partial charge in [-0.05, 0) is 44.1 Å². The predicted octanol–water partition coefficient (Wildman–Crippen LogP) is 2.60. The summed E-state index contributed by atoms with van der Waals surface area (Å²) in [5.74, 6) is -0.195. The SMILES string of the molecule is CCN(CC)C(C)CNC(=O)CCc1ccc(F)cc1. The van der Waals surface area contributed by atoms with Gasteiger partial charge in [0.25, 0.3) is 0 Å². The van der Waals surface area contributed by atoms with Crippen molar-refractivity contribution in [3.8, 4) is 0 Å². The summed E-state index contributed by atoms with van der Waals surface area (Å²) >= 11 is 0. The molecule has 0 heterocycles. The molecule has 1 atom stereocenters. The van der Waals surface area contributed by atoms with Crippen LogP contribution in [0.25, 0.3) is 0 Å². The molecular weight excluding hydrogens is 255 g/mol. The van der Waals surface area contributed by atoms with Crippen LogP contribution >= 0.6 is 0 Å². The first-order chi connectivity index (χ1) is 9.56. The molecule has 0 aromatic heterocycles. The number of nitrogens with zero attached hydrogens (tertiary/aromatic N) is 1. The van der Waals surface area contributed by atoms with Crippen molar-refractivity contribution in [3.63, 3.8) is 0 Å². The second kappa shape index (κ2) is 8.69. The number of nitrogens with one attached hydrogen (secondary N) is 1. The topological polar surface area (TPSA) is 32.3 Å². The molecule has 1 N–H and O–H groups in total. The second-order valence-corrected chi connectivity index (χ2v) is 5.00. The lowest BCUT2D eigenvalue weighted by Crippen LogP contribution is -2.42. The minimum absolute atomic E-state index is 0.0494. The summed E-state index contributed by atoms with van der Waals surface area (Å²) < 4.78 is 12.8. The summed E-state index contributed by atoms with van der Waals surface area (Å²) in [6, 6.07) is 6.65. The number of rotatable bonds is 8. The van der Waals surface area contributed by atoms with Gasteiger partial charge in [-0.3, -0.25) is 9.69 Å². The number of halogens is 1. The summed E-state index contributed by atoms with van der Waals surface area (Å²) in [4.78, 5) is 14.1. The average Bonchev–Trinajstić information content (AvgIpc) is 2.45. The number of amides is 1. The fraction of sp³-hybridized carbons (Fsp3) is 0.562. The van der Waals surface area contributed by atoms with Crippen LogP contribution in [0.5, 0.6) is 0 Å². The lowest BCUT2D eigenvalue weighted by Gasteiger charge is -2.26. The standard InChI is InChI=1S/C16H25FN2O/c1-4-19(5-2)13(3)12-18-16(20)11-8-14-6-9-15(17)10-7-14/h6-7,9-10,13H,4-5,8,11-12H2,1-3H3,(H,18,20). The summed E-state index contributed by atoms with van der Waals surface area (Å²) in [5, 5.41) is 2.96. The quantitative estimate of drug-likeness (QED) is 0.794. The van der Waals surface area contributed by atoms with Crippen LogP contribution in [-0.4, -0.2) is 36.5 Å². The van der Waals surface area contributed by atoms with Gasteiger partial charge in [0, 0.05) is 19.0 Å². The maximum atomic E-state index is 12.8. The average molecular weight is 280 g/mol. The van der Waals surface area contributed by atoms with Crippen molar-refractivity contribution in [1.29, 1.82) is 0 Å².